The van der Waals surface area contributed by atoms with E-state index < -0.39 is 17.4 Å². The minimum Gasteiger partial charge on any atom is -0.497 e. The molecule has 3 N–H and O–H groups in total. The summed E-state index contributed by atoms with van der Waals surface area (Å²) in [6.07, 6.45) is 0. The standard InChI is InChI=1S/C14H20N2O5/c1-14(2,12(17)18)8-15-13(19)16-10-6-5-9(20-3)7-11(10)21-4/h5-7H,8H2,1-4H3,(H,17,18)(H2,15,16,19). The summed E-state index contributed by atoms with van der Waals surface area (Å²) in [7, 11) is 3.01. The van der Waals surface area contributed by atoms with Gasteiger partial charge in [-0.2, -0.15) is 0 Å². The van der Waals surface area contributed by atoms with Gasteiger partial charge in [0.05, 0.1) is 25.3 Å². The van der Waals surface area contributed by atoms with Crippen molar-refractivity contribution in [1.29, 1.82) is 0 Å². The number of carbonyl (C=O) groups is 2. The van der Waals surface area contributed by atoms with Gasteiger partial charge in [0.15, 0.2) is 0 Å². The van der Waals surface area contributed by atoms with Crippen LogP contribution in [0.2, 0.25) is 0 Å². The van der Waals surface area contributed by atoms with Crippen molar-refractivity contribution in [3.05, 3.63) is 18.2 Å². The Balaban J connectivity index is 2.69. The molecule has 1 aromatic rings. The number of nitrogens with one attached hydrogen (secondary N) is 2. The largest absolute Gasteiger partial charge is 0.497 e. The van der Waals surface area contributed by atoms with E-state index in [-0.39, 0.29) is 6.54 Å². The number of hydrogen-bond donors (Lipinski definition) is 3. The molecule has 0 radical (unpaired) electrons. The average Bonchev–Trinajstić information content (AvgIpc) is 2.45. The van der Waals surface area contributed by atoms with E-state index in [1.165, 1.54) is 28.1 Å². The molecule has 0 spiro atoms. The monoisotopic (exact) mass is 296 g/mol. The van der Waals surface area contributed by atoms with Gasteiger partial charge in [0.2, 0.25) is 0 Å². The molecule has 0 saturated heterocycles. The van der Waals surface area contributed by atoms with Crippen molar-refractivity contribution in [2.24, 2.45) is 5.41 Å². The minimum atomic E-state index is -1.04. The van der Waals surface area contributed by atoms with Gasteiger partial charge in [-0.05, 0) is 26.0 Å². The number of methoxy groups -OCH3 is 2. The second-order valence-corrected chi connectivity index (χ2v) is 5.06. The van der Waals surface area contributed by atoms with Crippen molar-refractivity contribution in [3.63, 3.8) is 0 Å². The first-order valence-corrected chi connectivity index (χ1v) is 6.30. The molecular weight excluding hydrogens is 276 g/mol. The van der Waals surface area contributed by atoms with Crippen LogP contribution in [0, 0.1) is 5.41 Å². The molecule has 0 aliphatic heterocycles. The van der Waals surface area contributed by atoms with Crippen molar-refractivity contribution < 1.29 is 24.2 Å². The fourth-order valence-electron chi connectivity index (χ4n) is 1.45. The summed E-state index contributed by atoms with van der Waals surface area (Å²) in [5.41, 5.74) is -0.578. The van der Waals surface area contributed by atoms with Gasteiger partial charge in [-0.3, -0.25) is 4.79 Å². The molecule has 0 heterocycles. The van der Waals surface area contributed by atoms with Crippen LogP contribution in [0.15, 0.2) is 18.2 Å². The normalized spacial score (nSPS) is 10.7. The second kappa shape index (κ2) is 6.83. The molecule has 0 saturated carbocycles. The van der Waals surface area contributed by atoms with Crippen molar-refractivity contribution in [2.45, 2.75) is 13.8 Å². The second-order valence-electron chi connectivity index (χ2n) is 5.06. The number of carboxylic acids is 1. The number of anilines is 1. The van der Waals surface area contributed by atoms with Crippen molar-refractivity contribution >= 4 is 17.7 Å². The highest BCUT2D eigenvalue weighted by molar-refractivity contribution is 5.91. The summed E-state index contributed by atoms with van der Waals surface area (Å²) in [6.45, 7) is 3.07. The van der Waals surface area contributed by atoms with Gasteiger partial charge in [0.25, 0.3) is 0 Å². The highest BCUT2D eigenvalue weighted by Gasteiger charge is 2.27. The van der Waals surface area contributed by atoms with E-state index in [0.717, 1.165) is 0 Å². The summed E-state index contributed by atoms with van der Waals surface area (Å²) in [4.78, 5) is 22.8. The Morgan fingerprint density at radius 1 is 1.24 bits per heavy atom. The molecule has 0 unspecified atom stereocenters. The SMILES string of the molecule is COc1ccc(NC(=O)NCC(C)(C)C(=O)O)c(OC)c1. The maximum Gasteiger partial charge on any atom is 0.319 e. The maximum absolute atomic E-state index is 11.8. The molecule has 0 bridgehead atoms. The van der Waals surface area contributed by atoms with E-state index in [1.54, 1.807) is 18.2 Å². The highest BCUT2D eigenvalue weighted by Crippen LogP contribution is 2.28. The van der Waals surface area contributed by atoms with Gasteiger partial charge in [0.1, 0.15) is 11.5 Å². The molecule has 0 aliphatic carbocycles. The van der Waals surface area contributed by atoms with Gasteiger partial charge in [0, 0.05) is 12.6 Å². The minimum absolute atomic E-state index is 0.00658. The third-order valence-corrected chi connectivity index (χ3v) is 2.93. The number of aliphatic carboxylic acids is 1. The van der Waals surface area contributed by atoms with Crippen LogP contribution in [0.25, 0.3) is 0 Å². The first-order chi connectivity index (χ1) is 9.80. The van der Waals surface area contributed by atoms with E-state index in [4.69, 9.17) is 14.6 Å². The van der Waals surface area contributed by atoms with Gasteiger partial charge >= 0.3 is 12.0 Å². The Morgan fingerprint density at radius 3 is 2.43 bits per heavy atom. The molecule has 0 aromatic heterocycles. The topological polar surface area (TPSA) is 96.9 Å². The molecule has 7 nitrogen and oxygen atoms in total. The van der Waals surface area contributed by atoms with Gasteiger partial charge in [-0.1, -0.05) is 0 Å². The van der Waals surface area contributed by atoms with Gasteiger partial charge in [-0.15, -0.1) is 0 Å². The lowest BCUT2D eigenvalue weighted by molar-refractivity contribution is -0.146. The highest BCUT2D eigenvalue weighted by atomic mass is 16.5. The van der Waals surface area contributed by atoms with Crippen molar-refractivity contribution in [2.75, 3.05) is 26.1 Å². The smallest absolute Gasteiger partial charge is 0.319 e. The Labute approximate surface area is 123 Å². The van der Waals surface area contributed by atoms with Crippen LogP contribution < -0.4 is 20.1 Å². The Kier molecular flexibility index (Phi) is 5.40. The number of carboxylic acid groups (broad SMARTS) is 1. The van der Waals surface area contributed by atoms with Crippen LogP contribution in [-0.2, 0) is 4.79 Å². The third-order valence-electron chi connectivity index (χ3n) is 2.93. The van der Waals surface area contributed by atoms with Crippen LogP contribution in [0.5, 0.6) is 11.5 Å². The van der Waals surface area contributed by atoms with E-state index in [9.17, 15) is 9.59 Å². The number of benzene rings is 1. The van der Waals surface area contributed by atoms with Gasteiger partial charge in [-0.25, -0.2) is 4.79 Å². The molecule has 1 rings (SSSR count). The lowest BCUT2D eigenvalue weighted by atomic mass is 9.94. The number of rotatable bonds is 6. The van der Waals surface area contributed by atoms with Gasteiger partial charge < -0.3 is 25.2 Å². The number of hydrogen-bond acceptors (Lipinski definition) is 4. The molecule has 1 aromatic carbocycles. The maximum atomic E-state index is 11.8. The van der Waals surface area contributed by atoms with Crippen LogP contribution in [0.1, 0.15) is 13.8 Å². The summed E-state index contributed by atoms with van der Waals surface area (Å²) >= 11 is 0. The zero-order chi connectivity index (χ0) is 16.0. The molecule has 0 aliphatic rings. The molecule has 21 heavy (non-hydrogen) atoms. The van der Waals surface area contributed by atoms with E-state index >= 15 is 0 Å². The fraction of sp³-hybridized carbons (Fsp3) is 0.429. The Morgan fingerprint density at radius 2 is 1.90 bits per heavy atom. The fourth-order valence-corrected chi connectivity index (χ4v) is 1.45. The average molecular weight is 296 g/mol. The summed E-state index contributed by atoms with van der Waals surface area (Å²) < 4.78 is 10.2. The lowest BCUT2D eigenvalue weighted by Gasteiger charge is -2.20. The number of ether oxygens (including phenoxy) is 2. The summed E-state index contributed by atoms with van der Waals surface area (Å²) in [5, 5.41) is 14.1. The molecule has 116 valence electrons. The van der Waals surface area contributed by atoms with E-state index in [2.05, 4.69) is 10.6 Å². The third kappa shape index (κ3) is 4.55. The Bertz CT molecular complexity index is 528. The molecular formula is C14H20N2O5. The quantitative estimate of drug-likeness (QED) is 0.745. The van der Waals surface area contributed by atoms with Crippen molar-refractivity contribution in [1.82, 2.24) is 5.32 Å². The van der Waals surface area contributed by atoms with Crippen molar-refractivity contribution in [3.8, 4) is 11.5 Å². The first kappa shape index (κ1) is 16.6. The van der Waals surface area contributed by atoms with E-state index in [1.807, 2.05) is 0 Å². The van der Waals surface area contributed by atoms with Crippen LogP contribution in [0.4, 0.5) is 10.5 Å². The summed E-state index contributed by atoms with van der Waals surface area (Å²) in [6, 6.07) is 4.45. The molecule has 0 fully saturated rings. The summed E-state index contributed by atoms with van der Waals surface area (Å²) in [5.74, 6) is 0.0663. The number of amides is 2. The van der Waals surface area contributed by atoms with Crippen LogP contribution >= 0.6 is 0 Å². The molecule has 0 atom stereocenters. The number of carbonyl (C=O) groups excluding carboxylic acids is 1. The molecule has 2 amide bonds. The lowest BCUT2D eigenvalue weighted by Crippen LogP contribution is -2.40. The van der Waals surface area contributed by atoms with E-state index in [0.29, 0.717) is 17.2 Å². The van der Waals surface area contributed by atoms with Crippen LogP contribution in [0.3, 0.4) is 0 Å². The molecule has 7 heteroatoms. The zero-order valence-electron chi connectivity index (χ0n) is 12.5. The Hall–Kier alpha value is -2.44. The predicted octanol–water partition coefficient (Wildman–Crippen LogP) is 1.94. The van der Waals surface area contributed by atoms with Crippen LogP contribution in [-0.4, -0.2) is 37.9 Å². The number of urea groups is 1. The predicted molar refractivity (Wildman–Crippen MR) is 78.0 cm³/mol. The first-order valence-electron chi connectivity index (χ1n) is 6.30. The zero-order valence-corrected chi connectivity index (χ0v) is 12.5.